The third-order valence-corrected chi connectivity index (χ3v) is 4.49. The zero-order chi connectivity index (χ0) is 21.6. The summed E-state index contributed by atoms with van der Waals surface area (Å²) in [5.74, 6) is -0.686. The van der Waals surface area contributed by atoms with Crippen molar-refractivity contribution in [3.63, 3.8) is 0 Å². The number of carbonyl (C=O) groups excluding carboxylic acids is 3. The number of benzene rings is 1. The molecule has 1 saturated heterocycles. The van der Waals surface area contributed by atoms with Crippen LogP contribution in [0.5, 0.6) is 0 Å². The molecular formula is C19H24F3N3O4. The van der Waals surface area contributed by atoms with Crippen molar-refractivity contribution in [2.45, 2.75) is 32.0 Å². The predicted molar refractivity (Wildman–Crippen MR) is 97.8 cm³/mol. The van der Waals surface area contributed by atoms with Gasteiger partial charge in [-0.15, -0.1) is 0 Å². The van der Waals surface area contributed by atoms with Gasteiger partial charge in [0, 0.05) is 26.6 Å². The molecule has 7 nitrogen and oxygen atoms in total. The number of alkyl halides is 3. The minimum Gasteiger partial charge on any atom is -0.450 e. The molecular weight excluding hydrogens is 391 g/mol. The van der Waals surface area contributed by atoms with E-state index < -0.39 is 29.8 Å². The fourth-order valence-corrected chi connectivity index (χ4v) is 3.04. The zero-order valence-corrected chi connectivity index (χ0v) is 16.3. The van der Waals surface area contributed by atoms with Crippen molar-refractivity contribution in [1.82, 2.24) is 15.1 Å². The number of rotatable bonds is 7. The maximum Gasteiger partial charge on any atom is 0.416 e. The summed E-state index contributed by atoms with van der Waals surface area (Å²) >= 11 is 0. The van der Waals surface area contributed by atoms with Crippen molar-refractivity contribution >= 4 is 17.9 Å². The molecule has 0 bridgehead atoms. The summed E-state index contributed by atoms with van der Waals surface area (Å²) in [4.78, 5) is 38.6. The minimum atomic E-state index is -4.53. The molecule has 0 saturated carbocycles. The van der Waals surface area contributed by atoms with Gasteiger partial charge in [0.05, 0.1) is 18.2 Å². The molecule has 1 aliphatic heterocycles. The number of hydrogen-bond donors (Lipinski definition) is 1. The van der Waals surface area contributed by atoms with Crippen LogP contribution < -0.4 is 5.32 Å². The summed E-state index contributed by atoms with van der Waals surface area (Å²) in [6, 6.07) is 3.78. The molecule has 1 aromatic rings. The molecule has 0 spiro atoms. The maximum atomic E-state index is 13.1. The molecule has 10 heteroatoms. The number of ether oxygens (including phenoxy) is 1. The third kappa shape index (κ3) is 6.37. The second kappa shape index (κ2) is 9.62. The van der Waals surface area contributed by atoms with Crippen LogP contribution in [0.25, 0.3) is 0 Å². The standard InChI is InChI=1S/C19H24F3N3O4/c1-3-29-18(28)24(2)12-16(26)23-15(11-25-9-5-8-17(25)27)13-6-4-7-14(10-13)19(20,21)22/h4,6-7,10,15H,3,5,8-9,11-12H2,1-2H3,(H,23,26)/t15-/m1/s1. The number of carbonyl (C=O) groups is 3. The Kier molecular flexibility index (Phi) is 7.46. The van der Waals surface area contributed by atoms with Gasteiger partial charge >= 0.3 is 12.3 Å². The first-order valence-corrected chi connectivity index (χ1v) is 9.24. The normalized spacial score (nSPS) is 15.2. The second-order valence-electron chi connectivity index (χ2n) is 6.74. The summed E-state index contributed by atoms with van der Waals surface area (Å²) in [7, 11) is 1.38. The van der Waals surface area contributed by atoms with E-state index in [4.69, 9.17) is 4.74 Å². The van der Waals surface area contributed by atoms with E-state index in [0.29, 0.717) is 19.4 Å². The topological polar surface area (TPSA) is 79.0 Å². The molecule has 29 heavy (non-hydrogen) atoms. The lowest BCUT2D eigenvalue weighted by Gasteiger charge is -2.26. The molecule has 0 unspecified atom stereocenters. The second-order valence-corrected chi connectivity index (χ2v) is 6.74. The molecule has 1 aliphatic rings. The maximum absolute atomic E-state index is 13.1. The van der Waals surface area contributed by atoms with Crippen LogP contribution in [0.3, 0.4) is 0 Å². The predicted octanol–water partition coefficient (Wildman–Crippen LogP) is 2.57. The number of nitrogens with one attached hydrogen (secondary N) is 1. The highest BCUT2D eigenvalue weighted by Gasteiger charge is 2.32. The Bertz CT molecular complexity index is 754. The highest BCUT2D eigenvalue weighted by molar-refractivity contribution is 5.82. The van der Waals surface area contributed by atoms with Crippen LogP contribution in [0.15, 0.2) is 24.3 Å². The van der Waals surface area contributed by atoms with Crippen molar-refractivity contribution in [3.05, 3.63) is 35.4 Å². The van der Waals surface area contributed by atoms with Crippen LogP contribution >= 0.6 is 0 Å². The molecule has 1 heterocycles. The Balaban J connectivity index is 2.18. The van der Waals surface area contributed by atoms with E-state index >= 15 is 0 Å². The number of likely N-dealkylation sites (N-methyl/N-ethyl adjacent to an activating group) is 1. The van der Waals surface area contributed by atoms with Crippen molar-refractivity contribution in [3.8, 4) is 0 Å². The quantitative estimate of drug-likeness (QED) is 0.743. The average molecular weight is 415 g/mol. The third-order valence-electron chi connectivity index (χ3n) is 4.49. The molecule has 1 fully saturated rings. The van der Waals surface area contributed by atoms with Crippen LogP contribution in [0.1, 0.15) is 36.9 Å². The molecule has 1 N–H and O–H groups in total. The fourth-order valence-electron chi connectivity index (χ4n) is 3.04. The van der Waals surface area contributed by atoms with Gasteiger partial charge in [0.1, 0.15) is 6.54 Å². The van der Waals surface area contributed by atoms with Gasteiger partial charge in [-0.2, -0.15) is 13.2 Å². The van der Waals surface area contributed by atoms with E-state index in [1.807, 2.05) is 0 Å². The first kappa shape index (κ1) is 22.5. The van der Waals surface area contributed by atoms with E-state index in [-0.39, 0.29) is 31.2 Å². The summed E-state index contributed by atoms with van der Waals surface area (Å²) in [5.41, 5.74) is -0.614. The monoisotopic (exact) mass is 415 g/mol. The Hall–Kier alpha value is -2.78. The smallest absolute Gasteiger partial charge is 0.416 e. The summed E-state index contributed by atoms with van der Waals surface area (Å²) in [6.45, 7) is 1.97. The molecule has 1 atom stereocenters. The molecule has 2 rings (SSSR count). The number of nitrogens with zero attached hydrogens (tertiary/aromatic N) is 2. The number of amides is 3. The van der Waals surface area contributed by atoms with Crippen LogP contribution in [0, 0.1) is 0 Å². The van der Waals surface area contributed by atoms with E-state index in [2.05, 4.69) is 5.32 Å². The van der Waals surface area contributed by atoms with Crippen LogP contribution in [0.2, 0.25) is 0 Å². The van der Waals surface area contributed by atoms with Crippen molar-refractivity contribution in [1.29, 1.82) is 0 Å². The van der Waals surface area contributed by atoms with Gasteiger partial charge in [-0.3, -0.25) is 9.59 Å². The van der Waals surface area contributed by atoms with Gasteiger partial charge in [-0.05, 0) is 31.0 Å². The summed E-state index contributed by atoms with van der Waals surface area (Å²) in [5, 5.41) is 2.64. The zero-order valence-electron chi connectivity index (χ0n) is 16.3. The Morgan fingerprint density at radius 3 is 2.66 bits per heavy atom. The Morgan fingerprint density at radius 1 is 1.34 bits per heavy atom. The highest BCUT2D eigenvalue weighted by Crippen LogP contribution is 2.31. The SMILES string of the molecule is CCOC(=O)N(C)CC(=O)N[C@H](CN1CCCC1=O)c1cccc(C(F)(F)F)c1. The lowest BCUT2D eigenvalue weighted by molar-refractivity contribution is -0.137. The van der Waals surface area contributed by atoms with Crippen LogP contribution in [-0.2, 0) is 20.5 Å². The van der Waals surface area contributed by atoms with Gasteiger partial charge in [0.15, 0.2) is 0 Å². The summed E-state index contributed by atoms with van der Waals surface area (Å²) < 4.78 is 44.1. The van der Waals surface area contributed by atoms with Crippen molar-refractivity contribution in [2.24, 2.45) is 0 Å². The van der Waals surface area contributed by atoms with E-state index in [1.54, 1.807) is 6.92 Å². The number of halogens is 3. The Labute approximate surface area is 166 Å². The minimum absolute atomic E-state index is 0.0506. The van der Waals surface area contributed by atoms with E-state index in [1.165, 1.54) is 24.1 Å². The van der Waals surface area contributed by atoms with Crippen LogP contribution in [-0.4, -0.2) is 61.0 Å². The molecule has 0 aliphatic carbocycles. The molecule has 3 amide bonds. The molecule has 1 aromatic carbocycles. The van der Waals surface area contributed by atoms with Gasteiger partial charge in [-0.25, -0.2) is 4.79 Å². The van der Waals surface area contributed by atoms with Gasteiger partial charge in [0.25, 0.3) is 0 Å². The van der Waals surface area contributed by atoms with E-state index in [0.717, 1.165) is 17.0 Å². The van der Waals surface area contributed by atoms with Crippen molar-refractivity contribution < 1.29 is 32.3 Å². The molecule has 0 radical (unpaired) electrons. The first-order valence-electron chi connectivity index (χ1n) is 9.24. The highest BCUT2D eigenvalue weighted by atomic mass is 19.4. The van der Waals surface area contributed by atoms with E-state index in [9.17, 15) is 27.6 Å². The lowest BCUT2D eigenvalue weighted by Crippen LogP contribution is -2.43. The fraction of sp³-hybridized carbons (Fsp3) is 0.526. The lowest BCUT2D eigenvalue weighted by atomic mass is 10.0. The Morgan fingerprint density at radius 2 is 2.07 bits per heavy atom. The van der Waals surface area contributed by atoms with Gasteiger partial charge < -0.3 is 19.9 Å². The number of likely N-dealkylation sites (tertiary alicyclic amines) is 1. The largest absolute Gasteiger partial charge is 0.450 e. The van der Waals surface area contributed by atoms with Crippen molar-refractivity contribution in [2.75, 3.05) is 33.3 Å². The number of hydrogen-bond acceptors (Lipinski definition) is 4. The summed E-state index contributed by atoms with van der Waals surface area (Å²) in [6.07, 6.45) is -4.19. The van der Waals surface area contributed by atoms with Gasteiger partial charge in [-0.1, -0.05) is 12.1 Å². The molecule has 0 aromatic heterocycles. The average Bonchev–Trinajstić information content (AvgIpc) is 3.05. The molecule has 160 valence electrons. The first-order chi connectivity index (χ1) is 13.6. The van der Waals surface area contributed by atoms with Crippen LogP contribution in [0.4, 0.5) is 18.0 Å². The van der Waals surface area contributed by atoms with Gasteiger partial charge in [0.2, 0.25) is 11.8 Å².